The zero-order chi connectivity index (χ0) is 30.0. The maximum atomic E-state index is 13.3. The van der Waals surface area contributed by atoms with Crippen LogP contribution in [0.25, 0.3) is 5.69 Å². The zero-order valence-electron chi connectivity index (χ0n) is 24.6. The van der Waals surface area contributed by atoms with E-state index >= 15 is 0 Å². The molecule has 2 heterocycles. The molecule has 0 aliphatic carbocycles. The average Bonchev–Trinajstić information content (AvgIpc) is 3.45. The van der Waals surface area contributed by atoms with E-state index in [4.69, 9.17) is 9.47 Å². The number of amides is 2. The lowest BCUT2D eigenvalue weighted by atomic mass is 10.0. The Morgan fingerprint density at radius 3 is 2.44 bits per heavy atom. The number of fused-ring (bicyclic) bond motifs is 1. The molecule has 0 spiro atoms. The zero-order valence-corrected chi connectivity index (χ0v) is 25.4. The maximum Gasteiger partial charge on any atom is 0.251 e. The molecule has 4 aromatic rings. The standard InChI is InChI=1S/C33H37N5O4S/c1-3-5-21-42-28-16-12-25(13-17-28)32(40)34-22-30-35-36-33(38(30)26-14-18-27(19-15-26)41-4-2)43-23-31(39)37-20-8-10-24-9-6-7-11-29(24)37/h6-7,9,11-19H,3-5,8,10,20-23H2,1-2H3,(H,34,40). The molecule has 0 radical (unpaired) electrons. The van der Waals surface area contributed by atoms with Crippen LogP contribution >= 0.6 is 11.8 Å². The van der Waals surface area contributed by atoms with Gasteiger partial charge in [0.1, 0.15) is 11.5 Å². The first-order valence-corrected chi connectivity index (χ1v) is 15.8. The molecule has 2 amide bonds. The summed E-state index contributed by atoms with van der Waals surface area (Å²) in [5, 5.41) is 12.3. The second-order valence-electron chi connectivity index (χ2n) is 10.1. The minimum absolute atomic E-state index is 0.0235. The predicted molar refractivity (Wildman–Crippen MR) is 168 cm³/mol. The van der Waals surface area contributed by atoms with Gasteiger partial charge < -0.3 is 19.7 Å². The van der Waals surface area contributed by atoms with E-state index in [1.54, 1.807) is 24.3 Å². The first kappa shape index (κ1) is 30.2. The first-order valence-electron chi connectivity index (χ1n) is 14.8. The Kier molecular flexibility index (Phi) is 10.3. The summed E-state index contributed by atoms with van der Waals surface area (Å²) in [4.78, 5) is 28.2. The van der Waals surface area contributed by atoms with Gasteiger partial charge in [0.2, 0.25) is 5.91 Å². The number of aromatic nitrogens is 3. The lowest BCUT2D eigenvalue weighted by Crippen LogP contribution is -2.36. The van der Waals surface area contributed by atoms with Gasteiger partial charge >= 0.3 is 0 Å². The smallest absolute Gasteiger partial charge is 0.251 e. The molecular weight excluding hydrogens is 562 g/mol. The number of hydrogen-bond donors (Lipinski definition) is 1. The van der Waals surface area contributed by atoms with Crippen LogP contribution in [0.4, 0.5) is 5.69 Å². The molecule has 9 nitrogen and oxygen atoms in total. The minimum Gasteiger partial charge on any atom is -0.494 e. The fraction of sp³-hybridized carbons (Fsp3) is 0.333. The van der Waals surface area contributed by atoms with E-state index in [2.05, 4.69) is 28.5 Å². The third kappa shape index (κ3) is 7.56. The van der Waals surface area contributed by atoms with Crippen molar-refractivity contribution in [1.82, 2.24) is 20.1 Å². The highest BCUT2D eigenvalue weighted by molar-refractivity contribution is 7.99. The molecule has 1 N–H and O–H groups in total. The van der Waals surface area contributed by atoms with Gasteiger partial charge in [-0.3, -0.25) is 14.2 Å². The topological polar surface area (TPSA) is 98.6 Å². The van der Waals surface area contributed by atoms with Gasteiger partial charge in [-0.1, -0.05) is 43.3 Å². The van der Waals surface area contributed by atoms with Gasteiger partial charge in [-0.25, -0.2) is 0 Å². The molecule has 0 fully saturated rings. The van der Waals surface area contributed by atoms with Crippen LogP contribution < -0.4 is 19.7 Å². The molecule has 5 rings (SSSR count). The van der Waals surface area contributed by atoms with E-state index in [-0.39, 0.29) is 24.1 Å². The van der Waals surface area contributed by atoms with Crippen molar-refractivity contribution in [2.24, 2.45) is 0 Å². The van der Waals surface area contributed by atoms with Gasteiger partial charge in [0.25, 0.3) is 5.91 Å². The Balaban J connectivity index is 1.30. The molecule has 0 atom stereocenters. The summed E-state index contributed by atoms with van der Waals surface area (Å²) in [6, 6.07) is 22.8. The number of nitrogens with zero attached hydrogens (tertiary/aromatic N) is 4. The Morgan fingerprint density at radius 2 is 1.67 bits per heavy atom. The van der Waals surface area contributed by atoms with E-state index in [9.17, 15) is 9.59 Å². The van der Waals surface area contributed by atoms with Gasteiger partial charge in [0.05, 0.1) is 25.5 Å². The third-order valence-electron chi connectivity index (χ3n) is 7.13. The van der Waals surface area contributed by atoms with Crippen molar-refractivity contribution in [3.8, 4) is 17.2 Å². The summed E-state index contributed by atoms with van der Waals surface area (Å²) in [7, 11) is 0. The third-order valence-corrected chi connectivity index (χ3v) is 8.05. The molecule has 0 unspecified atom stereocenters. The highest BCUT2D eigenvalue weighted by atomic mass is 32.2. The molecule has 1 aromatic heterocycles. The molecule has 0 bridgehead atoms. The lowest BCUT2D eigenvalue weighted by molar-refractivity contribution is -0.116. The number of carbonyl (C=O) groups is 2. The van der Waals surface area contributed by atoms with E-state index in [0.29, 0.717) is 36.3 Å². The van der Waals surface area contributed by atoms with Crippen molar-refractivity contribution in [3.05, 3.63) is 89.7 Å². The molecule has 0 saturated carbocycles. The van der Waals surface area contributed by atoms with Crippen LogP contribution in [0.3, 0.4) is 0 Å². The average molecular weight is 600 g/mol. The van der Waals surface area contributed by atoms with Crippen molar-refractivity contribution in [2.75, 3.05) is 30.4 Å². The minimum atomic E-state index is -0.227. The van der Waals surface area contributed by atoms with Crippen molar-refractivity contribution in [3.63, 3.8) is 0 Å². The van der Waals surface area contributed by atoms with Crippen LogP contribution in [0.1, 0.15) is 54.9 Å². The monoisotopic (exact) mass is 599 g/mol. The number of thioether (sulfide) groups is 1. The number of hydrogen-bond acceptors (Lipinski definition) is 7. The molecule has 1 aliphatic heterocycles. The second kappa shape index (κ2) is 14.7. The van der Waals surface area contributed by atoms with E-state index in [1.165, 1.54) is 17.3 Å². The number of rotatable bonds is 13. The number of ether oxygens (including phenoxy) is 2. The Bertz CT molecular complexity index is 1520. The van der Waals surface area contributed by atoms with Gasteiger partial charge in [-0.2, -0.15) is 0 Å². The van der Waals surface area contributed by atoms with Crippen molar-refractivity contribution >= 4 is 29.3 Å². The predicted octanol–water partition coefficient (Wildman–Crippen LogP) is 5.85. The number of carbonyl (C=O) groups excluding carboxylic acids is 2. The van der Waals surface area contributed by atoms with Crippen molar-refractivity contribution < 1.29 is 19.1 Å². The highest BCUT2D eigenvalue weighted by Crippen LogP contribution is 2.29. The lowest BCUT2D eigenvalue weighted by Gasteiger charge is -2.29. The largest absolute Gasteiger partial charge is 0.494 e. The quantitative estimate of drug-likeness (QED) is 0.152. The molecule has 3 aromatic carbocycles. The summed E-state index contributed by atoms with van der Waals surface area (Å²) < 4.78 is 13.2. The van der Waals surface area contributed by atoms with E-state index in [1.807, 2.05) is 58.9 Å². The molecule has 1 aliphatic rings. The van der Waals surface area contributed by atoms with Gasteiger partial charge in [0.15, 0.2) is 11.0 Å². The van der Waals surface area contributed by atoms with Crippen LogP contribution in [0.2, 0.25) is 0 Å². The number of anilines is 1. The van der Waals surface area contributed by atoms with Crippen molar-refractivity contribution in [1.29, 1.82) is 0 Å². The van der Waals surface area contributed by atoms with Crippen molar-refractivity contribution in [2.45, 2.75) is 51.2 Å². The Hall–Kier alpha value is -4.31. The van der Waals surface area contributed by atoms with Crippen LogP contribution in [-0.4, -0.2) is 52.1 Å². The molecule has 0 saturated heterocycles. The maximum absolute atomic E-state index is 13.3. The van der Waals surface area contributed by atoms with Crippen LogP contribution in [0.5, 0.6) is 11.5 Å². The highest BCUT2D eigenvalue weighted by Gasteiger charge is 2.24. The Morgan fingerprint density at radius 1 is 0.930 bits per heavy atom. The van der Waals surface area contributed by atoms with Crippen LogP contribution in [-0.2, 0) is 17.8 Å². The fourth-order valence-electron chi connectivity index (χ4n) is 4.92. The summed E-state index contributed by atoms with van der Waals surface area (Å²) in [6.07, 6.45) is 3.96. The fourth-order valence-corrected chi connectivity index (χ4v) is 5.77. The van der Waals surface area contributed by atoms with Gasteiger partial charge in [-0.15, -0.1) is 10.2 Å². The SMILES string of the molecule is CCCCOc1ccc(C(=O)NCc2nnc(SCC(=O)N3CCCc4ccccc43)n2-c2ccc(OCC)cc2)cc1. The number of unbranched alkanes of at least 4 members (excludes halogenated alkanes) is 1. The molecule has 43 heavy (non-hydrogen) atoms. The molecular formula is C33H37N5O4S. The van der Waals surface area contributed by atoms with E-state index < -0.39 is 0 Å². The van der Waals surface area contributed by atoms with E-state index in [0.717, 1.165) is 48.6 Å². The normalized spacial score (nSPS) is 12.5. The first-order chi connectivity index (χ1) is 21.1. The Labute approximate surface area is 256 Å². The summed E-state index contributed by atoms with van der Waals surface area (Å²) >= 11 is 1.33. The summed E-state index contributed by atoms with van der Waals surface area (Å²) in [6.45, 7) is 6.13. The van der Waals surface area contributed by atoms with Gasteiger partial charge in [-0.05, 0) is 86.3 Å². The summed E-state index contributed by atoms with van der Waals surface area (Å²) in [5.74, 6) is 2.05. The van der Waals surface area contributed by atoms with Crippen LogP contribution in [0, 0.1) is 0 Å². The number of benzene rings is 3. The summed E-state index contributed by atoms with van der Waals surface area (Å²) in [5.41, 5.74) is 3.51. The molecule has 224 valence electrons. The van der Waals surface area contributed by atoms with Gasteiger partial charge in [0, 0.05) is 23.5 Å². The number of aryl methyl sites for hydroxylation is 1. The number of para-hydroxylation sites is 1. The van der Waals surface area contributed by atoms with Crippen LogP contribution in [0.15, 0.2) is 78.0 Å². The number of nitrogens with one attached hydrogen (secondary N) is 1. The molecule has 10 heteroatoms. The second-order valence-corrected chi connectivity index (χ2v) is 11.1.